The highest BCUT2D eigenvalue weighted by Gasteiger charge is 2.26. The molecule has 0 aliphatic carbocycles. The minimum Gasteiger partial charge on any atom is -0.489 e. The Morgan fingerprint density at radius 1 is 1.12 bits per heavy atom. The minimum absolute atomic E-state index is 0.133. The van der Waals surface area contributed by atoms with Gasteiger partial charge in [0, 0.05) is 48.9 Å². The van der Waals surface area contributed by atoms with Crippen molar-refractivity contribution in [3.63, 3.8) is 0 Å². The second-order valence-corrected chi connectivity index (χ2v) is 11.5. The number of rotatable bonds is 7. The zero-order chi connectivity index (χ0) is 30.0. The van der Waals surface area contributed by atoms with Gasteiger partial charge in [-0.25, -0.2) is 9.78 Å². The maximum Gasteiger partial charge on any atom is 0.410 e. The first-order valence-electron chi connectivity index (χ1n) is 14.0. The second-order valence-electron chi connectivity index (χ2n) is 11.5. The van der Waals surface area contributed by atoms with E-state index in [0.29, 0.717) is 67.9 Å². The van der Waals surface area contributed by atoms with Crippen LogP contribution in [0.2, 0.25) is 0 Å². The van der Waals surface area contributed by atoms with Crippen LogP contribution in [0.1, 0.15) is 48.0 Å². The highest BCUT2D eigenvalue weighted by molar-refractivity contribution is 6.09. The molecule has 1 fully saturated rings. The number of aromatic amines is 1. The van der Waals surface area contributed by atoms with Crippen molar-refractivity contribution in [2.45, 2.75) is 46.5 Å². The summed E-state index contributed by atoms with van der Waals surface area (Å²) >= 11 is 0. The van der Waals surface area contributed by atoms with Gasteiger partial charge in [-0.2, -0.15) is 0 Å². The van der Waals surface area contributed by atoms with E-state index < -0.39 is 11.7 Å². The fourth-order valence-electron chi connectivity index (χ4n) is 4.87. The maximum absolute atomic E-state index is 13.7. The largest absolute Gasteiger partial charge is 0.489 e. The summed E-state index contributed by atoms with van der Waals surface area (Å²) in [6.45, 7) is 10.8. The lowest BCUT2D eigenvalue weighted by molar-refractivity contribution is 0.0278. The number of nitrogens with zero attached hydrogens (tertiary/aromatic N) is 3. The van der Waals surface area contributed by atoms with Crippen molar-refractivity contribution in [3.05, 3.63) is 57.0 Å². The van der Waals surface area contributed by atoms with Crippen LogP contribution in [-0.2, 0) is 27.4 Å². The quantitative estimate of drug-likeness (QED) is 0.430. The lowest BCUT2D eigenvalue weighted by Gasteiger charge is -2.29. The van der Waals surface area contributed by atoms with E-state index in [0.717, 1.165) is 22.2 Å². The van der Waals surface area contributed by atoms with E-state index in [-0.39, 0.29) is 24.6 Å². The van der Waals surface area contributed by atoms with E-state index in [9.17, 15) is 14.4 Å². The second kappa shape index (κ2) is 12.0. The summed E-state index contributed by atoms with van der Waals surface area (Å²) in [7, 11) is 1.62. The number of benzene rings is 1. The molecule has 12 nitrogen and oxygen atoms in total. The van der Waals surface area contributed by atoms with Crippen LogP contribution in [0.15, 0.2) is 29.1 Å². The summed E-state index contributed by atoms with van der Waals surface area (Å²) in [5.74, 6) is 0.647. The van der Waals surface area contributed by atoms with Crippen LogP contribution in [-0.4, -0.2) is 79.0 Å². The fourth-order valence-corrected chi connectivity index (χ4v) is 4.87. The number of morpholine rings is 1. The zero-order valence-electron chi connectivity index (χ0n) is 24.7. The molecule has 12 heteroatoms. The Hall–Kier alpha value is -4.16. The molecule has 0 spiro atoms. The van der Waals surface area contributed by atoms with Gasteiger partial charge in [0.25, 0.3) is 5.91 Å². The minimum atomic E-state index is -0.616. The number of aryl methyl sites for hydroxylation is 1. The third kappa shape index (κ3) is 6.66. The number of carbonyl (C=O) groups excluding carboxylic acids is 2. The molecule has 2 aliphatic heterocycles. The van der Waals surface area contributed by atoms with Gasteiger partial charge >= 0.3 is 6.09 Å². The average molecular weight is 580 g/mol. The first-order chi connectivity index (χ1) is 20.0. The Morgan fingerprint density at radius 2 is 1.88 bits per heavy atom. The molecule has 2 N–H and O–H groups in total. The van der Waals surface area contributed by atoms with Crippen molar-refractivity contribution in [2.24, 2.45) is 0 Å². The summed E-state index contributed by atoms with van der Waals surface area (Å²) < 4.78 is 22.5. The van der Waals surface area contributed by atoms with Crippen molar-refractivity contribution in [1.29, 1.82) is 0 Å². The van der Waals surface area contributed by atoms with Crippen LogP contribution in [0.3, 0.4) is 0 Å². The van der Waals surface area contributed by atoms with Gasteiger partial charge in [-0.15, -0.1) is 0 Å². The van der Waals surface area contributed by atoms with Crippen molar-refractivity contribution in [2.75, 3.05) is 56.7 Å². The molecule has 4 heterocycles. The van der Waals surface area contributed by atoms with Gasteiger partial charge in [-0.05, 0) is 45.4 Å². The van der Waals surface area contributed by atoms with Crippen molar-refractivity contribution < 1.29 is 28.5 Å². The summed E-state index contributed by atoms with van der Waals surface area (Å²) in [6, 6.07) is 6.82. The zero-order valence-corrected chi connectivity index (χ0v) is 24.7. The molecular formula is C30H37N5O7. The number of H-pyrrole nitrogens is 1. The van der Waals surface area contributed by atoms with E-state index in [1.165, 1.54) is 11.0 Å². The molecule has 2 amide bonds. The lowest BCUT2D eigenvalue weighted by Crippen LogP contribution is -2.38. The van der Waals surface area contributed by atoms with E-state index in [2.05, 4.69) is 15.2 Å². The number of amides is 2. The van der Waals surface area contributed by atoms with Crippen LogP contribution in [0.25, 0.3) is 10.9 Å². The van der Waals surface area contributed by atoms with Gasteiger partial charge < -0.3 is 39.0 Å². The maximum atomic E-state index is 13.7. The fraction of sp³-hybridized carbons (Fsp3) is 0.467. The third-order valence-corrected chi connectivity index (χ3v) is 6.99. The number of aromatic nitrogens is 2. The van der Waals surface area contributed by atoms with E-state index in [1.54, 1.807) is 40.0 Å². The van der Waals surface area contributed by atoms with Gasteiger partial charge in [-0.3, -0.25) is 9.59 Å². The number of hydrogen-bond acceptors (Lipinski definition) is 9. The number of fused-ring (bicyclic) bond motifs is 2. The Balaban J connectivity index is 1.41. The van der Waals surface area contributed by atoms with Crippen molar-refractivity contribution in [1.82, 2.24) is 14.9 Å². The predicted molar refractivity (Wildman–Crippen MR) is 157 cm³/mol. The number of likely N-dealkylation sites (N-methyl/N-ethyl adjacent to an activating group) is 1. The van der Waals surface area contributed by atoms with Gasteiger partial charge in [0.05, 0.1) is 49.7 Å². The van der Waals surface area contributed by atoms with Crippen LogP contribution < -0.4 is 20.5 Å². The first kappa shape index (κ1) is 29.3. The summed E-state index contributed by atoms with van der Waals surface area (Å²) in [4.78, 5) is 49.5. The summed E-state index contributed by atoms with van der Waals surface area (Å²) in [5.41, 5.74) is 3.01. The number of ether oxygens (including phenoxy) is 4. The molecule has 1 saturated heterocycles. The lowest BCUT2D eigenvalue weighted by atomic mass is 10.1. The number of hydrogen-bond donors (Lipinski definition) is 2. The first-order valence-corrected chi connectivity index (χ1v) is 14.0. The highest BCUT2D eigenvalue weighted by Crippen LogP contribution is 2.32. The molecule has 3 aromatic rings. The van der Waals surface area contributed by atoms with Crippen LogP contribution in [0.5, 0.6) is 5.75 Å². The number of anilines is 2. The third-order valence-electron chi connectivity index (χ3n) is 6.99. The van der Waals surface area contributed by atoms with E-state index in [1.807, 2.05) is 13.0 Å². The molecule has 0 radical (unpaired) electrons. The predicted octanol–water partition coefficient (Wildman–Crippen LogP) is 3.60. The number of pyridine rings is 2. The molecule has 2 aromatic heterocycles. The topological polar surface area (TPSA) is 135 Å². The molecule has 2 aliphatic rings. The highest BCUT2D eigenvalue weighted by atomic mass is 16.6. The molecule has 42 heavy (non-hydrogen) atoms. The molecule has 1 aromatic carbocycles. The van der Waals surface area contributed by atoms with Crippen molar-refractivity contribution in [3.8, 4) is 5.75 Å². The normalized spacial score (nSPS) is 14.9. The van der Waals surface area contributed by atoms with Gasteiger partial charge in [-0.1, -0.05) is 0 Å². The summed E-state index contributed by atoms with van der Waals surface area (Å²) in [5, 5.41) is 3.73. The Bertz CT molecular complexity index is 1560. The monoisotopic (exact) mass is 579 g/mol. The molecule has 224 valence electrons. The molecular weight excluding hydrogens is 542 g/mol. The SMILES string of the molecule is Cc1cc(=O)[nH]c2c(OCCN(C)C(=O)OC(C)(C)C)cc(NC(=O)c3cc4c(nc3N3CCOCC3)COC4)cc12. The van der Waals surface area contributed by atoms with Gasteiger partial charge in [0.15, 0.2) is 0 Å². The molecule has 5 rings (SSSR count). The molecule has 0 atom stereocenters. The molecule has 0 unspecified atom stereocenters. The van der Waals surface area contributed by atoms with Crippen LogP contribution >= 0.6 is 0 Å². The summed E-state index contributed by atoms with van der Waals surface area (Å²) in [6.07, 6.45) is -0.467. The van der Waals surface area contributed by atoms with Gasteiger partial charge in [0.2, 0.25) is 5.56 Å². The number of carbonyl (C=O) groups is 2. The Kier molecular flexibility index (Phi) is 8.37. The Labute approximate surface area is 243 Å². The molecule has 0 bridgehead atoms. The molecule has 0 saturated carbocycles. The van der Waals surface area contributed by atoms with E-state index >= 15 is 0 Å². The smallest absolute Gasteiger partial charge is 0.410 e. The van der Waals surface area contributed by atoms with Gasteiger partial charge in [0.1, 0.15) is 23.8 Å². The van der Waals surface area contributed by atoms with Crippen molar-refractivity contribution >= 4 is 34.4 Å². The number of nitrogens with one attached hydrogen (secondary N) is 2. The van der Waals surface area contributed by atoms with Crippen LogP contribution in [0.4, 0.5) is 16.3 Å². The Morgan fingerprint density at radius 3 is 2.62 bits per heavy atom. The average Bonchev–Trinajstić information content (AvgIpc) is 3.40. The standard InChI is InChI=1S/C30H37N5O7/c1-18-12-25(36)33-26-21(18)14-20(15-24(26)41-11-6-34(5)29(38)42-30(2,3)4)31-28(37)22-13-19-16-40-17-23(19)32-27(22)35-7-9-39-10-8-35/h12-15H,6-11,16-17H2,1-5H3,(H,31,37)(H,33,36). The van der Waals surface area contributed by atoms with Crippen LogP contribution in [0, 0.1) is 6.92 Å². The van der Waals surface area contributed by atoms with E-state index in [4.69, 9.17) is 23.9 Å².